The molecule has 0 spiro atoms. The molecule has 0 amide bonds. The molecule has 51 heavy (non-hydrogen) atoms. The third-order valence-corrected chi connectivity index (χ3v) is 6.68. The summed E-state index contributed by atoms with van der Waals surface area (Å²) in [5.41, 5.74) is -0.736. The maximum Gasteiger partial charge on any atom is 0.359 e. The highest BCUT2D eigenvalue weighted by molar-refractivity contribution is 6.01. The first-order chi connectivity index (χ1) is 24.5. The van der Waals surface area contributed by atoms with Gasteiger partial charge in [-0.3, -0.25) is 0 Å². The topological polar surface area (TPSA) is 223 Å². The third kappa shape index (κ3) is 9.93. The maximum absolute atomic E-state index is 13.5. The summed E-state index contributed by atoms with van der Waals surface area (Å²) < 4.78 is 24.9. The summed E-state index contributed by atoms with van der Waals surface area (Å²) in [5.74, 6) is -13.2. The van der Waals surface area contributed by atoms with Crippen molar-refractivity contribution in [1.82, 2.24) is 0 Å². The van der Waals surface area contributed by atoms with E-state index >= 15 is 0 Å². The van der Waals surface area contributed by atoms with Gasteiger partial charge in [0, 0.05) is 0 Å². The fourth-order valence-corrected chi connectivity index (χ4v) is 4.20. The monoisotopic (exact) mass is 698 g/mol. The highest BCUT2D eigenvalue weighted by Gasteiger charge is 2.47. The van der Waals surface area contributed by atoms with E-state index < -0.39 is 72.2 Å². The molecule has 4 unspecified atom stereocenters. The molecule has 15 heteroatoms. The predicted molar refractivity (Wildman–Crippen MR) is 169 cm³/mol. The molecule has 15 nitrogen and oxygen atoms in total. The zero-order valence-electron chi connectivity index (χ0n) is 26.1. The zero-order valence-corrected chi connectivity index (χ0v) is 26.1. The normalized spacial score (nSPS) is 12.8. The van der Waals surface area contributed by atoms with Crippen molar-refractivity contribution in [2.75, 3.05) is 0 Å². The van der Waals surface area contributed by atoms with Crippen LogP contribution in [0, 0.1) is 0 Å². The molecule has 4 rings (SSSR count). The van der Waals surface area contributed by atoms with Crippen molar-refractivity contribution in [3.05, 3.63) is 144 Å². The van der Waals surface area contributed by atoms with Crippen molar-refractivity contribution in [3.8, 4) is 0 Å². The van der Waals surface area contributed by atoms with Crippen LogP contribution in [-0.4, -0.2) is 82.4 Å². The van der Waals surface area contributed by atoms with Crippen molar-refractivity contribution in [2.45, 2.75) is 24.4 Å². The van der Waals surface area contributed by atoms with Crippen LogP contribution in [0.4, 0.5) is 0 Å². The minimum atomic E-state index is -2.70. The van der Waals surface area contributed by atoms with Gasteiger partial charge in [0.1, 0.15) is 0 Å². The molecule has 0 saturated carbocycles. The van der Waals surface area contributed by atoms with Crippen LogP contribution < -0.4 is 0 Å². The number of aliphatic carboxylic acids is 2. The first-order valence-electron chi connectivity index (χ1n) is 14.7. The van der Waals surface area contributed by atoms with Crippen LogP contribution in [0.5, 0.6) is 0 Å². The van der Waals surface area contributed by atoms with E-state index in [4.69, 9.17) is 23.7 Å². The molecule has 0 radical (unpaired) electrons. The third-order valence-electron chi connectivity index (χ3n) is 6.68. The molecule has 4 atom stereocenters. The molecule has 0 bridgehead atoms. The summed E-state index contributed by atoms with van der Waals surface area (Å²) in [6, 6.07) is 27.4. The molecule has 0 aliphatic carbocycles. The molecule has 0 heterocycles. The predicted octanol–water partition coefficient (Wildman–Crippen LogP) is 3.13. The van der Waals surface area contributed by atoms with Gasteiger partial charge in [-0.25, -0.2) is 38.4 Å². The summed E-state index contributed by atoms with van der Waals surface area (Å²) >= 11 is 0. The number of carbonyl (C=O) groups is 8. The number of hydrogen-bond donors (Lipinski definition) is 2. The smallest absolute Gasteiger partial charge is 0.359 e. The van der Waals surface area contributed by atoms with E-state index in [-0.39, 0.29) is 22.3 Å². The molecule has 2 N–H and O–H groups in total. The Morgan fingerprint density at radius 2 is 0.569 bits per heavy atom. The zero-order chi connectivity index (χ0) is 36.9. The maximum atomic E-state index is 13.5. The summed E-state index contributed by atoms with van der Waals surface area (Å²) in [5, 5.41) is 19.9. The summed E-state index contributed by atoms with van der Waals surface area (Å²) in [7, 11) is 0. The molecule has 0 aromatic heterocycles. The van der Waals surface area contributed by atoms with Crippen LogP contribution in [0.2, 0.25) is 0 Å². The average Bonchev–Trinajstić information content (AvgIpc) is 3.15. The number of ether oxygens (including phenoxy) is 5. The Hall–Kier alpha value is -7.16. The van der Waals surface area contributed by atoms with Gasteiger partial charge in [0.05, 0.1) is 22.3 Å². The average molecular weight is 699 g/mol. The van der Waals surface area contributed by atoms with Gasteiger partial charge in [-0.1, -0.05) is 72.8 Å². The van der Waals surface area contributed by atoms with Crippen LogP contribution in [0.15, 0.2) is 121 Å². The molecule has 0 aliphatic heterocycles. The SMILES string of the molecule is O=C(OC(C(=O)O)C(OC(=O)c1ccccc1)C(=O)OC(=O)C(OC(=O)c1ccccc1)C(OC(=O)c1ccccc1)C(=O)O)c1ccccc1. The molecule has 0 saturated heterocycles. The van der Waals surface area contributed by atoms with Crippen molar-refractivity contribution in [3.63, 3.8) is 0 Å². The van der Waals surface area contributed by atoms with Crippen LogP contribution in [0.1, 0.15) is 41.4 Å². The lowest BCUT2D eigenvalue weighted by Crippen LogP contribution is -2.50. The second-order valence-corrected chi connectivity index (χ2v) is 10.2. The second-order valence-electron chi connectivity index (χ2n) is 10.2. The number of carboxylic acid groups (broad SMARTS) is 2. The number of rotatable bonds is 14. The second kappa shape index (κ2) is 17.3. The van der Waals surface area contributed by atoms with Crippen molar-refractivity contribution < 1.29 is 72.3 Å². The van der Waals surface area contributed by atoms with Crippen LogP contribution in [0.25, 0.3) is 0 Å². The van der Waals surface area contributed by atoms with E-state index in [0.717, 1.165) is 0 Å². The largest absolute Gasteiger partial charge is 0.478 e. The first-order valence-corrected chi connectivity index (χ1v) is 14.7. The van der Waals surface area contributed by atoms with E-state index in [1.807, 2.05) is 0 Å². The molecular formula is C36H26O15. The fraction of sp³-hybridized carbons (Fsp3) is 0.111. The minimum absolute atomic E-state index is 0.168. The van der Waals surface area contributed by atoms with Gasteiger partial charge in [0.2, 0.25) is 24.4 Å². The Morgan fingerprint density at radius 1 is 0.353 bits per heavy atom. The molecule has 4 aromatic rings. The van der Waals surface area contributed by atoms with Crippen molar-refractivity contribution >= 4 is 47.8 Å². The van der Waals surface area contributed by atoms with Gasteiger partial charge in [-0.2, -0.15) is 0 Å². The molecule has 260 valence electrons. The number of benzene rings is 4. The summed E-state index contributed by atoms with van der Waals surface area (Å²) in [6.07, 6.45) is -10.7. The van der Waals surface area contributed by atoms with Crippen molar-refractivity contribution in [1.29, 1.82) is 0 Å². The summed E-state index contributed by atoms with van der Waals surface area (Å²) in [4.78, 5) is 103. The quantitative estimate of drug-likeness (QED) is 0.110. The Morgan fingerprint density at radius 3 is 0.784 bits per heavy atom. The lowest BCUT2D eigenvalue weighted by molar-refractivity contribution is -0.184. The van der Waals surface area contributed by atoms with Gasteiger partial charge in [-0.15, -0.1) is 0 Å². The molecule has 0 fully saturated rings. The van der Waals surface area contributed by atoms with E-state index in [2.05, 4.69) is 0 Å². The molecular weight excluding hydrogens is 672 g/mol. The molecule has 0 aliphatic rings. The van der Waals surface area contributed by atoms with E-state index in [0.29, 0.717) is 0 Å². The van der Waals surface area contributed by atoms with Gasteiger partial charge in [-0.05, 0) is 48.5 Å². The Labute approximate surface area is 287 Å². The number of carbonyl (C=O) groups excluding carboxylic acids is 6. The first kappa shape index (κ1) is 36.7. The Balaban J connectivity index is 1.68. The number of hydrogen-bond acceptors (Lipinski definition) is 13. The highest BCUT2D eigenvalue weighted by Crippen LogP contribution is 2.18. The van der Waals surface area contributed by atoms with Gasteiger partial charge in [0.25, 0.3) is 0 Å². The minimum Gasteiger partial charge on any atom is -0.478 e. The lowest BCUT2D eigenvalue weighted by atomic mass is 10.1. The highest BCUT2D eigenvalue weighted by atomic mass is 16.7. The Bertz CT molecular complexity index is 1760. The van der Waals surface area contributed by atoms with Crippen molar-refractivity contribution in [2.24, 2.45) is 0 Å². The van der Waals surface area contributed by atoms with Gasteiger partial charge in [0.15, 0.2) is 0 Å². The van der Waals surface area contributed by atoms with Gasteiger partial charge < -0.3 is 33.9 Å². The van der Waals surface area contributed by atoms with E-state index in [9.17, 15) is 48.6 Å². The van der Waals surface area contributed by atoms with Gasteiger partial charge >= 0.3 is 47.8 Å². The number of carboxylic acids is 2. The van der Waals surface area contributed by atoms with E-state index in [1.54, 1.807) is 12.1 Å². The summed E-state index contributed by atoms with van der Waals surface area (Å²) in [6.45, 7) is 0. The standard InChI is InChI=1S/C36H26O15/c37-29(38)25(47-31(41)21-13-5-1-6-14-21)27(49-33(43)23-17-9-3-10-18-23)35(45)51-36(46)28(50-34(44)24-19-11-4-12-20-24)26(30(39)40)48-32(42)22-15-7-2-8-16-22/h1-20,25-28H,(H,37,38)(H,39,40). The Kier molecular flexibility index (Phi) is 12.4. The number of esters is 6. The molecule has 4 aromatic carbocycles. The lowest BCUT2D eigenvalue weighted by Gasteiger charge is -2.25. The fourth-order valence-electron chi connectivity index (χ4n) is 4.20. The van der Waals surface area contributed by atoms with Crippen LogP contribution in [-0.2, 0) is 42.9 Å². The van der Waals surface area contributed by atoms with E-state index in [1.165, 1.54) is 109 Å². The van der Waals surface area contributed by atoms with Crippen LogP contribution in [0.3, 0.4) is 0 Å². The van der Waals surface area contributed by atoms with Crippen LogP contribution >= 0.6 is 0 Å².